The fourth-order valence-corrected chi connectivity index (χ4v) is 4.00. The van der Waals surface area contributed by atoms with Gasteiger partial charge in [0.2, 0.25) is 0 Å². The highest BCUT2D eigenvalue weighted by Gasteiger charge is 2.23. The van der Waals surface area contributed by atoms with E-state index in [0.29, 0.717) is 5.13 Å². The number of hydrogen-bond acceptors (Lipinski definition) is 4. The number of thiazole rings is 1. The summed E-state index contributed by atoms with van der Waals surface area (Å²) in [5.74, 6) is 0.876. The van der Waals surface area contributed by atoms with E-state index in [9.17, 15) is 4.79 Å². The predicted octanol–water partition coefficient (Wildman–Crippen LogP) is 4.73. The summed E-state index contributed by atoms with van der Waals surface area (Å²) in [6.07, 6.45) is 0.768. The summed E-state index contributed by atoms with van der Waals surface area (Å²) >= 11 is 1.48. The fourth-order valence-electron chi connectivity index (χ4n) is 3.16. The van der Waals surface area contributed by atoms with E-state index in [1.54, 1.807) is 4.90 Å². The van der Waals surface area contributed by atoms with Crippen molar-refractivity contribution < 1.29 is 4.79 Å². The molecule has 0 fully saturated rings. The summed E-state index contributed by atoms with van der Waals surface area (Å²) in [5, 5.41) is 2.65. The SMILES string of the molecule is CCc1nc2ccccc2n1CC(=O)N(c1ccccc1)c1nc(C)cs1. The van der Waals surface area contributed by atoms with Gasteiger partial charge in [-0.1, -0.05) is 37.3 Å². The Morgan fingerprint density at radius 2 is 1.81 bits per heavy atom. The van der Waals surface area contributed by atoms with Crippen LogP contribution in [0, 0.1) is 6.92 Å². The number of amides is 1. The van der Waals surface area contributed by atoms with Gasteiger partial charge in [-0.2, -0.15) is 0 Å². The predicted molar refractivity (Wildman–Crippen MR) is 110 cm³/mol. The van der Waals surface area contributed by atoms with E-state index in [2.05, 4.69) is 16.9 Å². The fraction of sp³-hybridized carbons (Fsp3) is 0.190. The lowest BCUT2D eigenvalue weighted by Crippen LogP contribution is -2.30. The third kappa shape index (κ3) is 3.36. The van der Waals surface area contributed by atoms with Crippen LogP contribution >= 0.6 is 11.3 Å². The van der Waals surface area contributed by atoms with Crippen molar-refractivity contribution in [2.75, 3.05) is 4.90 Å². The van der Waals surface area contributed by atoms with Gasteiger partial charge >= 0.3 is 0 Å². The molecule has 2 aromatic heterocycles. The third-order valence-electron chi connectivity index (χ3n) is 4.41. The Hall–Kier alpha value is -2.99. The summed E-state index contributed by atoms with van der Waals surface area (Å²) in [6, 6.07) is 17.6. The maximum atomic E-state index is 13.4. The van der Waals surface area contributed by atoms with Crippen molar-refractivity contribution in [1.29, 1.82) is 0 Å². The summed E-state index contributed by atoms with van der Waals surface area (Å²) in [6.45, 7) is 4.21. The summed E-state index contributed by atoms with van der Waals surface area (Å²) in [7, 11) is 0. The molecule has 27 heavy (non-hydrogen) atoms. The molecule has 1 amide bonds. The van der Waals surface area contributed by atoms with E-state index in [4.69, 9.17) is 0 Å². The largest absolute Gasteiger partial charge is 0.318 e. The molecule has 0 spiro atoms. The second-order valence-corrected chi connectivity index (χ2v) is 7.13. The number of benzene rings is 2. The van der Waals surface area contributed by atoms with Crippen molar-refractivity contribution in [2.24, 2.45) is 0 Å². The molecule has 6 heteroatoms. The Morgan fingerprint density at radius 1 is 1.07 bits per heavy atom. The van der Waals surface area contributed by atoms with Crippen LogP contribution in [0.2, 0.25) is 0 Å². The number of para-hydroxylation sites is 3. The molecule has 0 aliphatic heterocycles. The smallest absolute Gasteiger partial charge is 0.253 e. The van der Waals surface area contributed by atoms with E-state index in [1.807, 2.05) is 71.5 Å². The first-order chi connectivity index (χ1) is 13.2. The molecule has 2 heterocycles. The minimum Gasteiger partial charge on any atom is -0.318 e. The van der Waals surface area contributed by atoms with Gasteiger partial charge < -0.3 is 4.57 Å². The van der Waals surface area contributed by atoms with Crippen molar-refractivity contribution in [2.45, 2.75) is 26.8 Å². The lowest BCUT2D eigenvalue weighted by Gasteiger charge is -2.21. The van der Waals surface area contributed by atoms with Gasteiger partial charge in [0.15, 0.2) is 5.13 Å². The molecular weight excluding hydrogens is 356 g/mol. The van der Waals surface area contributed by atoms with Crippen LogP contribution in [0.3, 0.4) is 0 Å². The molecule has 4 rings (SSSR count). The molecule has 0 N–H and O–H groups in total. The molecule has 136 valence electrons. The highest BCUT2D eigenvalue weighted by molar-refractivity contribution is 7.14. The van der Waals surface area contributed by atoms with Crippen LogP contribution in [0.4, 0.5) is 10.8 Å². The Bertz CT molecular complexity index is 1080. The number of hydrogen-bond donors (Lipinski definition) is 0. The first-order valence-corrected chi connectivity index (χ1v) is 9.79. The van der Waals surface area contributed by atoms with E-state index in [1.165, 1.54) is 11.3 Å². The molecule has 0 unspecified atom stereocenters. The Morgan fingerprint density at radius 3 is 2.52 bits per heavy atom. The van der Waals surface area contributed by atoms with Gasteiger partial charge in [0.05, 0.1) is 22.4 Å². The lowest BCUT2D eigenvalue weighted by molar-refractivity contribution is -0.118. The van der Waals surface area contributed by atoms with Gasteiger partial charge in [0.1, 0.15) is 12.4 Å². The second kappa shape index (κ2) is 7.32. The molecule has 0 aliphatic carbocycles. The zero-order valence-corrected chi connectivity index (χ0v) is 16.1. The molecule has 0 radical (unpaired) electrons. The van der Waals surface area contributed by atoms with E-state index >= 15 is 0 Å². The monoisotopic (exact) mass is 376 g/mol. The van der Waals surface area contributed by atoms with Crippen LogP contribution < -0.4 is 4.90 Å². The number of aromatic nitrogens is 3. The van der Waals surface area contributed by atoms with E-state index in [0.717, 1.165) is 34.7 Å². The number of fused-ring (bicyclic) bond motifs is 1. The van der Waals surface area contributed by atoms with Crippen LogP contribution in [0.25, 0.3) is 11.0 Å². The highest BCUT2D eigenvalue weighted by atomic mass is 32.1. The van der Waals surface area contributed by atoms with Gasteiger partial charge in [0.25, 0.3) is 5.91 Å². The van der Waals surface area contributed by atoms with Crippen LogP contribution in [-0.4, -0.2) is 20.4 Å². The van der Waals surface area contributed by atoms with Crippen LogP contribution in [0.5, 0.6) is 0 Å². The number of carbonyl (C=O) groups is 1. The molecule has 0 atom stereocenters. The summed E-state index contributed by atoms with van der Waals surface area (Å²) in [4.78, 5) is 24.3. The second-order valence-electron chi connectivity index (χ2n) is 6.29. The number of nitrogens with zero attached hydrogens (tertiary/aromatic N) is 4. The first kappa shape index (κ1) is 17.4. The van der Waals surface area contributed by atoms with Crippen molar-refractivity contribution in [3.05, 3.63) is 71.5 Å². The van der Waals surface area contributed by atoms with Crippen LogP contribution in [0.1, 0.15) is 18.4 Å². The maximum absolute atomic E-state index is 13.4. The lowest BCUT2D eigenvalue weighted by atomic mass is 10.3. The molecular formula is C21H20N4OS. The molecule has 2 aromatic carbocycles. The van der Waals surface area contributed by atoms with Gasteiger partial charge in [0, 0.05) is 11.8 Å². The van der Waals surface area contributed by atoms with Gasteiger partial charge in [-0.3, -0.25) is 9.69 Å². The van der Waals surface area contributed by atoms with Gasteiger partial charge in [-0.05, 0) is 31.2 Å². The molecule has 0 saturated carbocycles. The standard InChI is InChI=1S/C21H20N4OS/c1-3-19-23-17-11-7-8-12-18(17)24(19)13-20(26)25(16-9-5-4-6-10-16)21-22-15(2)14-27-21/h4-12,14H,3,13H2,1-2H3. The van der Waals surface area contributed by atoms with Crippen LogP contribution in [-0.2, 0) is 17.8 Å². The highest BCUT2D eigenvalue weighted by Crippen LogP contribution is 2.29. The first-order valence-electron chi connectivity index (χ1n) is 8.91. The van der Waals surface area contributed by atoms with Crippen molar-refractivity contribution in [3.63, 3.8) is 0 Å². The average molecular weight is 376 g/mol. The minimum absolute atomic E-state index is 0.0339. The molecule has 0 saturated heterocycles. The number of anilines is 2. The number of rotatable bonds is 5. The van der Waals surface area contributed by atoms with Gasteiger partial charge in [-0.25, -0.2) is 9.97 Å². The van der Waals surface area contributed by atoms with Gasteiger partial charge in [-0.15, -0.1) is 11.3 Å². The topological polar surface area (TPSA) is 51.0 Å². The zero-order chi connectivity index (χ0) is 18.8. The third-order valence-corrected chi connectivity index (χ3v) is 5.35. The summed E-state index contributed by atoms with van der Waals surface area (Å²) in [5.41, 5.74) is 3.62. The molecule has 5 nitrogen and oxygen atoms in total. The average Bonchev–Trinajstić information content (AvgIpc) is 3.27. The van der Waals surface area contributed by atoms with E-state index in [-0.39, 0.29) is 12.5 Å². The number of imidazole rings is 1. The quantitative estimate of drug-likeness (QED) is 0.506. The molecule has 0 bridgehead atoms. The Balaban J connectivity index is 1.75. The number of aryl methyl sites for hydroxylation is 2. The summed E-state index contributed by atoms with van der Waals surface area (Å²) < 4.78 is 2.01. The normalized spacial score (nSPS) is 11.0. The molecule has 4 aromatic rings. The molecule has 0 aliphatic rings. The van der Waals surface area contributed by atoms with E-state index < -0.39 is 0 Å². The number of carbonyl (C=O) groups excluding carboxylic acids is 1. The van der Waals surface area contributed by atoms with Crippen molar-refractivity contribution >= 4 is 39.1 Å². The minimum atomic E-state index is -0.0339. The van der Waals surface area contributed by atoms with Crippen molar-refractivity contribution in [1.82, 2.24) is 14.5 Å². The van der Waals surface area contributed by atoms with Crippen molar-refractivity contribution in [3.8, 4) is 0 Å². The maximum Gasteiger partial charge on any atom is 0.253 e. The Labute approximate surface area is 161 Å². The van der Waals surface area contributed by atoms with Crippen LogP contribution in [0.15, 0.2) is 60.0 Å². The Kier molecular flexibility index (Phi) is 4.73. The zero-order valence-electron chi connectivity index (χ0n) is 15.3.